The van der Waals surface area contributed by atoms with Gasteiger partial charge in [-0.05, 0) is 42.0 Å². The number of hydrogen-bond donors (Lipinski definition) is 0. The second kappa shape index (κ2) is 15.3. The quantitative estimate of drug-likeness (QED) is 0.0871. The summed E-state index contributed by atoms with van der Waals surface area (Å²) in [6, 6.07) is 18.2. The zero-order valence-electron chi connectivity index (χ0n) is 22.1. The van der Waals surface area contributed by atoms with Gasteiger partial charge in [-0.15, -0.1) is 0 Å². The van der Waals surface area contributed by atoms with Crippen molar-refractivity contribution in [3.05, 3.63) is 54.6 Å². The summed E-state index contributed by atoms with van der Waals surface area (Å²) in [5.41, 5.74) is 0. The lowest BCUT2D eigenvalue weighted by Gasteiger charge is -2.14. The van der Waals surface area contributed by atoms with Crippen molar-refractivity contribution in [2.75, 3.05) is 6.61 Å². The van der Waals surface area contributed by atoms with Gasteiger partial charge in [0.15, 0.2) is 0 Å². The van der Waals surface area contributed by atoms with Crippen molar-refractivity contribution in [2.45, 2.75) is 90.9 Å². The lowest BCUT2D eigenvalue weighted by Crippen LogP contribution is -2.13. The number of hydrogen-bond acceptors (Lipinski definition) is 4. The van der Waals surface area contributed by atoms with Gasteiger partial charge in [-0.1, -0.05) is 107 Å². The molecule has 194 valence electrons. The van der Waals surface area contributed by atoms with E-state index in [-0.39, 0.29) is 11.9 Å². The summed E-state index contributed by atoms with van der Waals surface area (Å²) in [6.07, 6.45) is 11.4. The van der Waals surface area contributed by atoms with Crippen LogP contribution in [0.3, 0.4) is 0 Å². The Morgan fingerprint density at radius 2 is 1.28 bits per heavy atom. The Hall–Kier alpha value is -2.88. The van der Waals surface area contributed by atoms with Gasteiger partial charge in [-0.3, -0.25) is 9.59 Å². The maximum atomic E-state index is 12.6. The lowest BCUT2D eigenvalue weighted by atomic mass is 10.0. The van der Waals surface area contributed by atoms with Crippen molar-refractivity contribution in [3.8, 4) is 5.75 Å². The summed E-state index contributed by atoms with van der Waals surface area (Å²) >= 11 is 0. The van der Waals surface area contributed by atoms with Crippen molar-refractivity contribution in [1.29, 1.82) is 0 Å². The van der Waals surface area contributed by atoms with Crippen LogP contribution in [0.5, 0.6) is 5.75 Å². The Labute approximate surface area is 216 Å². The van der Waals surface area contributed by atoms with Gasteiger partial charge in [-0.2, -0.15) is 0 Å². The molecule has 4 heteroatoms. The monoisotopic (exact) mass is 490 g/mol. The Bertz CT molecular complexity index is 1050. The van der Waals surface area contributed by atoms with E-state index >= 15 is 0 Å². The molecule has 0 heterocycles. The molecule has 0 aliphatic heterocycles. The average molecular weight is 491 g/mol. The molecule has 0 amide bonds. The predicted molar refractivity (Wildman–Crippen MR) is 148 cm³/mol. The number of ether oxygens (including phenoxy) is 2. The number of rotatable bonds is 16. The molecule has 0 aliphatic carbocycles. The summed E-state index contributed by atoms with van der Waals surface area (Å²) in [4.78, 5) is 24.6. The molecular weight excluding hydrogens is 448 g/mol. The van der Waals surface area contributed by atoms with E-state index in [9.17, 15) is 9.59 Å². The highest BCUT2D eigenvalue weighted by Gasteiger charge is 2.13. The van der Waals surface area contributed by atoms with E-state index in [4.69, 9.17) is 9.47 Å². The first kappa shape index (κ1) is 27.7. The van der Waals surface area contributed by atoms with Crippen LogP contribution in [0.1, 0.15) is 90.9 Å². The van der Waals surface area contributed by atoms with Crippen LogP contribution in [0.25, 0.3) is 21.5 Å². The minimum absolute atomic E-state index is 0.0614. The van der Waals surface area contributed by atoms with Crippen LogP contribution in [0.15, 0.2) is 54.6 Å². The molecule has 0 bridgehead atoms. The Morgan fingerprint density at radius 1 is 0.722 bits per heavy atom. The fourth-order valence-electron chi connectivity index (χ4n) is 4.67. The van der Waals surface area contributed by atoms with Crippen molar-refractivity contribution >= 4 is 33.5 Å². The van der Waals surface area contributed by atoms with E-state index in [2.05, 4.69) is 19.9 Å². The van der Waals surface area contributed by atoms with Gasteiger partial charge in [0.1, 0.15) is 5.75 Å². The maximum absolute atomic E-state index is 12.6. The van der Waals surface area contributed by atoms with E-state index in [1.807, 2.05) is 48.5 Å². The van der Waals surface area contributed by atoms with Crippen LogP contribution < -0.4 is 4.74 Å². The highest BCUT2D eigenvalue weighted by Crippen LogP contribution is 2.35. The van der Waals surface area contributed by atoms with Gasteiger partial charge in [0.2, 0.25) is 0 Å². The molecule has 3 aromatic rings. The van der Waals surface area contributed by atoms with Gasteiger partial charge in [0.25, 0.3) is 0 Å². The average Bonchev–Trinajstić information content (AvgIpc) is 2.90. The smallest absolute Gasteiger partial charge is 0.311 e. The third-order valence-electron chi connectivity index (χ3n) is 6.97. The minimum Gasteiger partial charge on any atom is -0.465 e. The zero-order chi connectivity index (χ0) is 25.6. The second-order valence-electron chi connectivity index (χ2n) is 9.84. The number of unbranched alkanes of at least 4 members (excludes halogenated alkanes) is 6. The summed E-state index contributed by atoms with van der Waals surface area (Å²) in [6.45, 7) is 4.93. The van der Waals surface area contributed by atoms with E-state index in [0.717, 1.165) is 72.9 Å². The molecule has 0 aliphatic rings. The van der Waals surface area contributed by atoms with E-state index in [0.29, 0.717) is 31.1 Å². The third kappa shape index (κ3) is 8.65. The molecule has 0 radical (unpaired) electrons. The highest BCUT2D eigenvalue weighted by molar-refractivity contribution is 6.06. The summed E-state index contributed by atoms with van der Waals surface area (Å²) < 4.78 is 11.4. The van der Waals surface area contributed by atoms with Crippen molar-refractivity contribution < 1.29 is 19.1 Å². The predicted octanol–water partition coefficient (Wildman–Crippen LogP) is 8.78. The van der Waals surface area contributed by atoms with Crippen molar-refractivity contribution in [1.82, 2.24) is 0 Å². The molecule has 0 saturated carbocycles. The highest BCUT2D eigenvalue weighted by atomic mass is 16.5. The standard InChI is InChI=1S/C32H42O4/c1-3-5-16-25(4-2)24-35-30(33)21-10-8-6-7-9-11-22-31(34)36-32-28-19-14-12-17-26(28)23-27-18-13-15-20-29(27)32/h12-15,17-20,23,25H,3-11,16,21-22,24H2,1-2H3. The van der Waals surface area contributed by atoms with E-state index < -0.39 is 0 Å². The minimum atomic E-state index is -0.177. The number of carbonyl (C=O) groups is 2. The number of fused-ring (bicyclic) bond motifs is 2. The molecule has 0 N–H and O–H groups in total. The van der Waals surface area contributed by atoms with Gasteiger partial charge >= 0.3 is 11.9 Å². The lowest BCUT2D eigenvalue weighted by molar-refractivity contribution is -0.145. The van der Waals surface area contributed by atoms with Crippen LogP contribution >= 0.6 is 0 Å². The van der Waals surface area contributed by atoms with Crippen LogP contribution in [-0.4, -0.2) is 18.5 Å². The molecule has 1 unspecified atom stereocenters. The largest absolute Gasteiger partial charge is 0.465 e. The Balaban J connectivity index is 1.31. The first-order chi connectivity index (χ1) is 17.6. The van der Waals surface area contributed by atoms with E-state index in [1.54, 1.807) is 0 Å². The van der Waals surface area contributed by atoms with Gasteiger partial charge in [0.05, 0.1) is 6.61 Å². The van der Waals surface area contributed by atoms with Crippen molar-refractivity contribution in [3.63, 3.8) is 0 Å². The van der Waals surface area contributed by atoms with Gasteiger partial charge < -0.3 is 9.47 Å². The molecule has 0 aromatic heterocycles. The van der Waals surface area contributed by atoms with Crippen LogP contribution in [0.2, 0.25) is 0 Å². The summed E-state index contributed by atoms with van der Waals surface area (Å²) in [5, 5.41) is 4.08. The molecule has 0 saturated heterocycles. The topological polar surface area (TPSA) is 52.6 Å². The molecular formula is C32H42O4. The first-order valence-electron chi connectivity index (χ1n) is 13.9. The molecule has 36 heavy (non-hydrogen) atoms. The first-order valence-corrected chi connectivity index (χ1v) is 13.9. The van der Waals surface area contributed by atoms with Gasteiger partial charge in [0, 0.05) is 23.6 Å². The van der Waals surface area contributed by atoms with Crippen LogP contribution in [-0.2, 0) is 14.3 Å². The molecule has 0 fully saturated rings. The number of esters is 2. The molecule has 3 aromatic carbocycles. The zero-order valence-corrected chi connectivity index (χ0v) is 22.1. The van der Waals surface area contributed by atoms with Gasteiger partial charge in [-0.25, -0.2) is 0 Å². The third-order valence-corrected chi connectivity index (χ3v) is 6.97. The Morgan fingerprint density at radius 3 is 1.86 bits per heavy atom. The summed E-state index contributed by atoms with van der Waals surface area (Å²) in [7, 11) is 0. The van der Waals surface area contributed by atoms with E-state index in [1.165, 1.54) is 12.8 Å². The van der Waals surface area contributed by atoms with Crippen LogP contribution in [0.4, 0.5) is 0 Å². The molecule has 4 nitrogen and oxygen atoms in total. The number of benzene rings is 3. The number of carbonyl (C=O) groups excluding carboxylic acids is 2. The normalized spacial score (nSPS) is 12.1. The molecule has 0 spiro atoms. The Kier molecular flexibility index (Phi) is 11.8. The summed E-state index contributed by atoms with van der Waals surface area (Å²) in [5.74, 6) is 0.924. The SMILES string of the molecule is CCCCC(CC)COC(=O)CCCCCCCCC(=O)Oc1c2ccccc2cc2ccccc12. The molecule has 1 atom stereocenters. The fourth-order valence-corrected chi connectivity index (χ4v) is 4.67. The molecule has 3 rings (SSSR count). The second-order valence-corrected chi connectivity index (χ2v) is 9.84. The maximum Gasteiger partial charge on any atom is 0.311 e. The van der Waals surface area contributed by atoms with Crippen molar-refractivity contribution in [2.24, 2.45) is 5.92 Å². The fraction of sp³-hybridized carbons (Fsp3) is 0.500. The van der Waals surface area contributed by atoms with Crippen LogP contribution in [0, 0.1) is 5.92 Å².